The summed E-state index contributed by atoms with van der Waals surface area (Å²) in [6.07, 6.45) is 0.263. The van der Waals surface area contributed by atoms with E-state index in [1.165, 1.54) is 17.0 Å². The van der Waals surface area contributed by atoms with Crippen LogP contribution < -0.4 is 9.62 Å². The Labute approximate surface area is 262 Å². The molecule has 0 fully saturated rings. The minimum absolute atomic E-state index is 0.0617. The highest BCUT2D eigenvalue weighted by Gasteiger charge is 2.35. The van der Waals surface area contributed by atoms with Crippen LogP contribution in [0.5, 0.6) is 0 Å². The number of sulfonamides is 1. The number of halogens is 1. The summed E-state index contributed by atoms with van der Waals surface area (Å²) in [5.41, 5.74) is 3.04. The fourth-order valence-corrected chi connectivity index (χ4v) is 6.60. The second-order valence-corrected chi connectivity index (χ2v) is 13.4. The van der Waals surface area contributed by atoms with Gasteiger partial charge in [0.2, 0.25) is 11.8 Å². The Morgan fingerprint density at radius 2 is 1.47 bits per heavy atom. The molecule has 0 aliphatic rings. The highest BCUT2D eigenvalue weighted by molar-refractivity contribution is 9.10. The third-order valence-corrected chi connectivity index (χ3v) is 9.29. The summed E-state index contributed by atoms with van der Waals surface area (Å²) in [4.78, 5) is 29.8. The van der Waals surface area contributed by atoms with Crippen LogP contribution in [-0.2, 0) is 32.6 Å². The fourth-order valence-electron chi connectivity index (χ4n) is 4.79. The largest absolute Gasteiger partial charge is 0.352 e. The summed E-state index contributed by atoms with van der Waals surface area (Å²) < 4.78 is 29.8. The van der Waals surface area contributed by atoms with Gasteiger partial charge in [-0.1, -0.05) is 94.8 Å². The van der Waals surface area contributed by atoms with Gasteiger partial charge in [-0.2, -0.15) is 0 Å². The molecule has 4 rings (SSSR count). The normalized spacial score (nSPS) is 12.0. The van der Waals surface area contributed by atoms with Crippen molar-refractivity contribution < 1.29 is 18.0 Å². The Morgan fingerprint density at radius 3 is 2.09 bits per heavy atom. The molecule has 224 valence electrons. The number of benzene rings is 4. The van der Waals surface area contributed by atoms with Crippen molar-refractivity contribution >= 4 is 43.5 Å². The lowest BCUT2D eigenvalue weighted by Crippen LogP contribution is -2.54. The van der Waals surface area contributed by atoms with E-state index >= 15 is 0 Å². The lowest BCUT2D eigenvalue weighted by atomic mass is 10.0. The molecule has 0 heterocycles. The Bertz CT molecular complexity index is 1650. The van der Waals surface area contributed by atoms with Gasteiger partial charge in [-0.3, -0.25) is 13.9 Å². The van der Waals surface area contributed by atoms with Crippen molar-refractivity contribution in [3.8, 4) is 0 Å². The van der Waals surface area contributed by atoms with E-state index in [9.17, 15) is 18.0 Å². The Balaban J connectivity index is 1.81. The van der Waals surface area contributed by atoms with Gasteiger partial charge in [0.05, 0.1) is 10.6 Å². The predicted octanol–water partition coefficient (Wildman–Crippen LogP) is 6.12. The zero-order chi connectivity index (χ0) is 31.0. The highest BCUT2D eigenvalue weighted by Crippen LogP contribution is 2.27. The standard InChI is InChI=1S/C34H36BrN3O4S/c1-25(2)36-34(40)32(21-27-14-6-4-7-15-27)37(23-28-16-11-10-13-26(28)3)33(39)24-38(30-18-12-17-29(35)22-30)43(41,42)31-19-8-5-9-20-31/h4-20,22,25,32H,21,23-24H2,1-3H3,(H,36,40)/t32-/m1/s1. The van der Waals surface area contributed by atoms with E-state index in [2.05, 4.69) is 21.2 Å². The maximum Gasteiger partial charge on any atom is 0.264 e. The Kier molecular flexibility index (Phi) is 10.8. The number of carbonyl (C=O) groups excluding carboxylic acids is 2. The molecule has 0 saturated carbocycles. The molecule has 4 aromatic carbocycles. The summed E-state index contributed by atoms with van der Waals surface area (Å²) in [5.74, 6) is -0.803. The maximum absolute atomic E-state index is 14.5. The van der Waals surface area contributed by atoms with E-state index in [-0.39, 0.29) is 29.8 Å². The molecule has 1 N–H and O–H groups in total. The van der Waals surface area contributed by atoms with Gasteiger partial charge in [-0.25, -0.2) is 8.42 Å². The van der Waals surface area contributed by atoms with Crippen LogP contribution in [0.4, 0.5) is 5.69 Å². The lowest BCUT2D eigenvalue weighted by Gasteiger charge is -2.34. The second kappa shape index (κ2) is 14.5. The number of nitrogens with zero attached hydrogens (tertiary/aromatic N) is 2. The van der Waals surface area contributed by atoms with Crippen LogP contribution in [0.15, 0.2) is 119 Å². The van der Waals surface area contributed by atoms with Crippen LogP contribution in [0.2, 0.25) is 0 Å². The van der Waals surface area contributed by atoms with Gasteiger partial charge >= 0.3 is 0 Å². The predicted molar refractivity (Wildman–Crippen MR) is 174 cm³/mol. The van der Waals surface area contributed by atoms with E-state index in [1.54, 1.807) is 42.5 Å². The van der Waals surface area contributed by atoms with Crippen molar-refractivity contribution in [1.82, 2.24) is 10.2 Å². The molecule has 0 spiro atoms. The Hall–Kier alpha value is -3.95. The molecule has 4 aromatic rings. The van der Waals surface area contributed by atoms with E-state index in [1.807, 2.05) is 75.4 Å². The first-order valence-electron chi connectivity index (χ1n) is 14.1. The average molecular weight is 663 g/mol. The molecular formula is C34H36BrN3O4S. The van der Waals surface area contributed by atoms with Crippen LogP contribution in [0.1, 0.15) is 30.5 Å². The quantitative estimate of drug-likeness (QED) is 0.198. The molecule has 0 unspecified atom stereocenters. The number of hydrogen-bond acceptors (Lipinski definition) is 4. The van der Waals surface area contributed by atoms with E-state index < -0.39 is 28.5 Å². The molecule has 1 atom stereocenters. The van der Waals surface area contributed by atoms with Crippen LogP contribution in [0.25, 0.3) is 0 Å². The van der Waals surface area contributed by atoms with Crippen molar-refractivity contribution in [2.24, 2.45) is 0 Å². The summed E-state index contributed by atoms with van der Waals surface area (Å²) in [6.45, 7) is 5.32. The van der Waals surface area contributed by atoms with Crippen molar-refractivity contribution in [3.05, 3.63) is 130 Å². The van der Waals surface area contributed by atoms with Gasteiger partial charge in [0.15, 0.2) is 0 Å². The first-order chi connectivity index (χ1) is 20.6. The van der Waals surface area contributed by atoms with Gasteiger partial charge in [0.25, 0.3) is 10.0 Å². The number of carbonyl (C=O) groups is 2. The third kappa shape index (κ3) is 8.33. The van der Waals surface area contributed by atoms with Gasteiger partial charge in [0.1, 0.15) is 12.6 Å². The number of nitrogens with one attached hydrogen (secondary N) is 1. The minimum Gasteiger partial charge on any atom is -0.352 e. The molecule has 0 aromatic heterocycles. The van der Waals surface area contributed by atoms with E-state index in [4.69, 9.17) is 0 Å². The molecule has 7 nitrogen and oxygen atoms in total. The van der Waals surface area contributed by atoms with Crippen LogP contribution in [-0.4, -0.2) is 43.8 Å². The monoisotopic (exact) mass is 661 g/mol. The molecule has 2 amide bonds. The van der Waals surface area contributed by atoms with Crippen LogP contribution in [0, 0.1) is 6.92 Å². The number of anilines is 1. The lowest BCUT2D eigenvalue weighted by molar-refractivity contribution is -0.140. The summed E-state index contributed by atoms with van der Waals surface area (Å²) in [5, 5.41) is 2.98. The smallest absolute Gasteiger partial charge is 0.264 e. The van der Waals surface area contributed by atoms with E-state index in [0.717, 1.165) is 21.0 Å². The van der Waals surface area contributed by atoms with Gasteiger partial charge in [0, 0.05) is 23.5 Å². The summed E-state index contributed by atoms with van der Waals surface area (Å²) in [6, 6.07) is 31.0. The first-order valence-corrected chi connectivity index (χ1v) is 16.3. The summed E-state index contributed by atoms with van der Waals surface area (Å²) >= 11 is 3.43. The molecule has 0 radical (unpaired) electrons. The first kappa shape index (κ1) is 32.0. The van der Waals surface area contributed by atoms with Crippen molar-refractivity contribution in [3.63, 3.8) is 0 Å². The van der Waals surface area contributed by atoms with E-state index in [0.29, 0.717) is 10.2 Å². The van der Waals surface area contributed by atoms with Crippen LogP contribution in [0.3, 0.4) is 0 Å². The second-order valence-electron chi connectivity index (χ2n) is 10.6. The highest BCUT2D eigenvalue weighted by atomic mass is 79.9. The Morgan fingerprint density at radius 1 is 0.837 bits per heavy atom. The number of hydrogen-bond donors (Lipinski definition) is 1. The van der Waals surface area contributed by atoms with Crippen LogP contribution >= 0.6 is 15.9 Å². The molecule has 43 heavy (non-hydrogen) atoms. The number of rotatable bonds is 12. The van der Waals surface area contributed by atoms with Gasteiger partial charge in [-0.05, 0) is 67.8 Å². The third-order valence-electron chi connectivity index (χ3n) is 7.01. The maximum atomic E-state index is 14.5. The SMILES string of the molecule is Cc1ccccc1CN(C(=O)CN(c1cccc(Br)c1)S(=O)(=O)c1ccccc1)[C@H](Cc1ccccc1)C(=O)NC(C)C. The molecule has 0 saturated heterocycles. The molecule has 9 heteroatoms. The zero-order valence-corrected chi connectivity index (χ0v) is 26.9. The van der Waals surface area contributed by atoms with Gasteiger partial charge < -0.3 is 10.2 Å². The topological polar surface area (TPSA) is 86.8 Å². The fraction of sp³-hybridized carbons (Fsp3) is 0.235. The van der Waals surface area contributed by atoms with Gasteiger partial charge in [-0.15, -0.1) is 0 Å². The van der Waals surface area contributed by atoms with Crippen molar-refractivity contribution in [2.45, 2.75) is 50.7 Å². The summed E-state index contributed by atoms with van der Waals surface area (Å²) in [7, 11) is -4.14. The average Bonchev–Trinajstić information content (AvgIpc) is 2.99. The number of amides is 2. The van der Waals surface area contributed by atoms with Crippen molar-refractivity contribution in [1.29, 1.82) is 0 Å². The zero-order valence-electron chi connectivity index (χ0n) is 24.5. The minimum atomic E-state index is -4.14. The van der Waals surface area contributed by atoms with Crippen molar-refractivity contribution in [2.75, 3.05) is 10.8 Å². The number of aryl methyl sites for hydroxylation is 1. The molecule has 0 bridgehead atoms. The molecular weight excluding hydrogens is 626 g/mol. The molecule has 0 aliphatic carbocycles. The molecule has 0 aliphatic heterocycles.